The molecule has 0 aromatic heterocycles. The third kappa shape index (κ3) is 8.11. The first-order chi connectivity index (χ1) is 13.0. The third-order valence-corrected chi connectivity index (χ3v) is 9.38. The second-order valence-electron chi connectivity index (χ2n) is 11.0. The van der Waals surface area contributed by atoms with E-state index in [9.17, 15) is 16.8 Å². The lowest BCUT2D eigenvalue weighted by atomic mass is 9.85. The molecule has 0 saturated carbocycles. The molecular weight excluding hydrogens is 412 g/mol. The van der Waals surface area contributed by atoms with E-state index in [4.69, 9.17) is 9.47 Å². The van der Waals surface area contributed by atoms with Crippen molar-refractivity contribution in [2.75, 3.05) is 23.0 Å². The normalized spacial score (nSPS) is 35.3. The molecule has 0 aromatic carbocycles. The van der Waals surface area contributed by atoms with Gasteiger partial charge in [0.25, 0.3) is 0 Å². The van der Waals surface area contributed by atoms with Crippen LogP contribution in [0.5, 0.6) is 0 Å². The molecule has 29 heavy (non-hydrogen) atoms. The van der Waals surface area contributed by atoms with Gasteiger partial charge in [-0.15, -0.1) is 0 Å². The number of rotatable bonds is 5. The van der Waals surface area contributed by atoms with Crippen molar-refractivity contribution in [2.24, 2.45) is 17.8 Å². The molecule has 5 atom stereocenters. The standard InChI is InChI=1S/C21H40O6S2/c1-15-12-29(24,25)14-17(19(15)27-21(5,6)7)9-8-16-13-28(22,23)11-10-18(16)26-20(2,3)4/h15-19H,8-14H2,1-7H3. The van der Waals surface area contributed by atoms with Crippen LogP contribution in [-0.2, 0) is 29.1 Å². The van der Waals surface area contributed by atoms with Gasteiger partial charge in [0.1, 0.15) is 0 Å². The molecule has 0 amide bonds. The summed E-state index contributed by atoms with van der Waals surface area (Å²) in [6.07, 6.45) is 1.52. The van der Waals surface area contributed by atoms with Gasteiger partial charge >= 0.3 is 0 Å². The van der Waals surface area contributed by atoms with Crippen LogP contribution in [0, 0.1) is 17.8 Å². The zero-order valence-electron chi connectivity index (χ0n) is 19.1. The molecule has 0 spiro atoms. The largest absolute Gasteiger partial charge is 0.372 e. The van der Waals surface area contributed by atoms with Gasteiger partial charge < -0.3 is 9.47 Å². The fourth-order valence-electron chi connectivity index (χ4n) is 4.67. The van der Waals surface area contributed by atoms with Crippen LogP contribution >= 0.6 is 0 Å². The van der Waals surface area contributed by atoms with E-state index in [-0.39, 0.29) is 64.2 Å². The lowest BCUT2D eigenvalue weighted by Gasteiger charge is -2.41. The quantitative estimate of drug-likeness (QED) is 0.636. The number of hydrogen-bond donors (Lipinski definition) is 0. The molecular formula is C21H40O6S2. The molecule has 2 fully saturated rings. The van der Waals surface area contributed by atoms with E-state index in [1.165, 1.54) is 0 Å². The summed E-state index contributed by atoms with van der Waals surface area (Å²) in [6, 6.07) is 0. The number of hydrogen-bond acceptors (Lipinski definition) is 6. The molecule has 2 aliphatic rings. The lowest BCUT2D eigenvalue weighted by molar-refractivity contribution is -0.109. The van der Waals surface area contributed by atoms with E-state index in [0.717, 1.165) is 0 Å². The summed E-state index contributed by atoms with van der Waals surface area (Å²) in [7, 11) is -6.20. The molecule has 0 aromatic rings. The highest BCUT2D eigenvalue weighted by Crippen LogP contribution is 2.36. The van der Waals surface area contributed by atoms with E-state index in [0.29, 0.717) is 19.3 Å². The molecule has 0 aliphatic carbocycles. The van der Waals surface area contributed by atoms with Crippen molar-refractivity contribution in [3.05, 3.63) is 0 Å². The molecule has 8 heteroatoms. The SMILES string of the molecule is CC1CS(=O)(=O)CC(CCC2CS(=O)(=O)CCC2OC(C)(C)C)C1OC(C)(C)C. The highest BCUT2D eigenvalue weighted by atomic mass is 32.2. The summed E-state index contributed by atoms with van der Waals surface area (Å²) in [6.45, 7) is 13.8. The minimum absolute atomic E-state index is 0.0744. The Balaban J connectivity index is 2.16. The maximum absolute atomic E-state index is 12.4. The Kier molecular flexibility index (Phi) is 7.57. The monoisotopic (exact) mass is 452 g/mol. The van der Waals surface area contributed by atoms with Gasteiger partial charge in [0.15, 0.2) is 19.7 Å². The number of ether oxygens (including phenoxy) is 2. The molecule has 172 valence electrons. The van der Waals surface area contributed by atoms with Gasteiger partial charge in [0.2, 0.25) is 0 Å². The van der Waals surface area contributed by atoms with Crippen LogP contribution in [0.3, 0.4) is 0 Å². The average molecular weight is 453 g/mol. The Morgan fingerprint density at radius 3 is 1.83 bits per heavy atom. The highest BCUT2D eigenvalue weighted by molar-refractivity contribution is 7.91. The van der Waals surface area contributed by atoms with Gasteiger partial charge in [0.05, 0.1) is 46.4 Å². The Hall–Kier alpha value is -0.180. The average Bonchev–Trinajstić information content (AvgIpc) is 2.47. The van der Waals surface area contributed by atoms with Gasteiger partial charge in [0, 0.05) is 0 Å². The summed E-state index contributed by atoms with van der Waals surface area (Å²) in [4.78, 5) is 0. The first kappa shape index (κ1) is 25.1. The zero-order valence-corrected chi connectivity index (χ0v) is 20.7. The van der Waals surface area contributed by atoms with Gasteiger partial charge in [-0.1, -0.05) is 6.92 Å². The van der Waals surface area contributed by atoms with Crippen LogP contribution in [0.4, 0.5) is 0 Å². The summed E-state index contributed by atoms with van der Waals surface area (Å²) >= 11 is 0. The number of sulfone groups is 2. The van der Waals surface area contributed by atoms with Crippen LogP contribution in [0.25, 0.3) is 0 Å². The fourth-order valence-corrected chi connectivity index (χ4v) is 8.60. The molecule has 2 saturated heterocycles. The molecule has 2 heterocycles. The maximum Gasteiger partial charge on any atom is 0.151 e. The Labute approximate surface area is 178 Å². The predicted molar refractivity (Wildman–Crippen MR) is 117 cm³/mol. The second-order valence-corrected chi connectivity index (χ2v) is 15.4. The molecule has 6 nitrogen and oxygen atoms in total. The van der Waals surface area contributed by atoms with Gasteiger partial charge in [-0.2, -0.15) is 0 Å². The molecule has 0 bridgehead atoms. The van der Waals surface area contributed by atoms with Gasteiger partial charge in [-0.25, -0.2) is 16.8 Å². The van der Waals surface area contributed by atoms with Gasteiger partial charge in [-0.3, -0.25) is 0 Å². The van der Waals surface area contributed by atoms with E-state index in [2.05, 4.69) is 0 Å². The van der Waals surface area contributed by atoms with Crippen molar-refractivity contribution in [3.63, 3.8) is 0 Å². The van der Waals surface area contributed by atoms with Crippen molar-refractivity contribution in [3.8, 4) is 0 Å². The van der Waals surface area contributed by atoms with Crippen molar-refractivity contribution in [1.82, 2.24) is 0 Å². The highest BCUT2D eigenvalue weighted by Gasteiger charge is 2.42. The van der Waals surface area contributed by atoms with Crippen LogP contribution < -0.4 is 0 Å². The first-order valence-corrected chi connectivity index (χ1v) is 14.4. The topological polar surface area (TPSA) is 86.7 Å². The lowest BCUT2D eigenvalue weighted by Crippen LogP contribution is -2.48. The minimum atomic E-state index is -3.12. The van der Waals surface area contributed by atoms with Crippen molar-refractivity contribution in [2.45, 2.75) is 91.1 Å². The Bertz CT molecular complexity index is 758. The van der Waals surface area contributed by atoms with E-state index < -0.39 is 19.7 Å². The van der Waals surface area contributed by atoms with Crippen LogP contribution in [-0.4, -0.2) is 63.3 Å². The fraction of sp³-hybridized carbons (Fsp3) is 1.00. The molecule has 0 radical (unpaired) electrons. The maximum atomic E-state index is 12.4. The summed E-state index contributed by atoms with van der Waals surface area (Å²) in [5, 5.41) is 0. The Morgan fingerprint density at radius 1 is 0.759 bits per heavy atom. The van der Waals surface area contributed by atoms with Crippen molar-refractivity contribution >= 4 is 19.7 Å². The van der Waals surface area contributed by atoms with E-state index in [1.54, 1.807) is 0 Å². The van der Waals surface area contributed by atoms with E-state index >= 15 is 0 Å². The molecule has 2 aliphatic heterocycles. The first-order valence-electron chi connectivity index (χ1n) is 10.7. The molecule has 2 rings (SSSR count). The summed E-state index contributed by atoms with van der Waals surface area (Å²) in [5.41, 5.74) is -0.699. The Morgan fingerprint density at radius 2 is 1.28 bits per heavy atom. The summed E-state index contributed by atoms with van der Waals surface area (Å²) in [5.74, 6) is 0.239. The van der Waals surface area contributed by atoms with Gasteiger partial charge in [-0.05, 0) is 78.6 Å². The van der Waals surface area contributed by atoms with Crippen LogP contribution in [0.2, 0.25) is 0 Å². The molecule has 5 unspecified atom stereocenters. The van der Waals surface area contributed by atoms with Crippen molar-refractivity contribution in [1.29, 1.82) is 0 Å². The zero-order chi connectivity index (χ0) is 22.3. The summed E-state index contributed by atoms with van der Waals surface area (Å²) < 4.78 is 61.8. The minimum Gasteiger partial charge on any atom is -0.372 e. The second kappa shape index (κ2) is 8.75. The molecule has 0 N–H and O–H groups in total. The van der Waals surface area contributed by atoms with Crippen LogP contribution in [0.1, 0.15) is 67.7 Å². The van der Waals surface area contributed by atoms with E-state index in [1.807, 2.05) is 48.5 Å². The van der Waals surface area contributed by atoms with Crippen molar-refractivity contribution < 1.29 is 26.3 Å². The third-order valence-electron chi connectivity index (χ3n) is 5.62. The van der Waals surface area contributed by atoms with Crippen LogP contribution in [0.15, 0.2) is 0 Å². The smallest absolute Gasteiger partial charge is 0.151 e. The predicted octanol–water partition coefficient (Wildman–Crippen LogP) is 3.25.